The summed E-state index contributed by atoms with van der Waals surface area (Å²) in [5, 5.41) is 0. The van der Waals surface area contributed by atoms with Crippen molar-refractivity contribution in [3.05, 3.63) is 29.6 Å². The fourth-order valence-corrected chi connectivity index (χ4v) is 1.48. The van der Waals surface area contributed by atoms with Crippen LogP contribution in [0.3, 0.4) is 0 Å². The predicted octanol–water partition coefficient (Wildman–Crippen LogP) is 2.32. The molecule has 0 radical (unpaired) electrons. The lowest BCUT2D eigenvalue weighted by Crippen LogP contribution is -2.31. The maximum Gasteiger partial charge on any atom is 0.256 e. The van der Waals surface area contributed by atoms with Crippen molar-refractivity contribution in [1.82, 2.24) is 4.90 Å². The maximum absolute atomic E-state index is 13.6. The summed E-state index contributed by atoms with van der Waals surface area (Å²) in [4.78, 5) is 13.4. The number of halogens is 1. The molecule has 0 heterocycles. The Morgan fingerprint density at radius 3 is 2.44 bits per heavy atom. The van der Waals surface area contributed by atoms with Crippen LogP contribution in [0.1, 0.15) is 24.2 Å². The van der Waals surface area contributed by atoms with Crippen molar-refractivity contribution < 1.29 is 13.9 Å². The van der Waals surface area contributed by atoms with Gasteiger partial charge in [-0.25, -0.2) is 4.39 Å². The van der Waals surface area contributed by atoms with Gasteiger partial charge in [0.15, 0.2) is 0 Å². The number of hydrogen-bond acceptors (Lipinski definition) is 2. The van der Waals surface area contributed by atoms with Crippen LogP contribution >= 0.6 is 0 Å². The van der Waals surface area contributed by atoms with E-state index in [9.17, 15) is 9.18 Å². The zero-order chi connectivity index (χ0) is 12.1. The third-order valence-corrected chi connectivity index (χ3v) is 2.46. The summed E-state index contributed by atoms with van der Waals surface area (Å²) in [6, 6.07) is 4.26. The van der Waals surface area contributed by atoms with Crippen molar-refractivity contribution in [3.8, 4) is 5.75 Å². The highest BCUT2D eigenvalue weighted by atomic mass is 19.1. The Kier molecular flexibility index (Phi) is 4.28. The van der Waals surface area contributed by atoms with Gasteiger partial charge < -0.3 is 9.64 Å². The molecule has 0 atom stereocenters. The van der Waals surface area contributed by atoms with E-state index in [-0.39, 0.29) is 11.5 Å². The largest absolute Gasteiger partial charge is 0.497 e. The van der Waals surface area contributed by atoms with Gasteiger partial charge >= 0.3 is 0 Å². The van der Waals surface area contributed by atoms with Gasteiger partial charge in [0.05, 0.1) is 12.7 Å². The van der Waals surface area contributed by atoms with E-state index in [1.54, 1.807) is 11.0 Å². The molecule has 0 aliphatic heterocycles. The van der Waals surface area contributed by atoms with Gasteiger partial charge in [0.2, 0.25) is 0 Å². The average molecular weight is 225 g/mol. The number of carbonyl (C=O) groups excluding carboxylic acids is 1. The molecule has 0 aliphatic rings. The van der Waals surface area contributed by atoms with Crippen LogP contribution < -0.4 is 4.74 Å². The van der Waals surface area contributed by atoms with Gasteiger partial charge in [0.25, 0.3) is 5.91 Å². The first-order valence-electron chi connectivity index (χ1n) is 5.26. The first-order chi connectivity index (χ1) is 7.63. The van der Waals surface area contributed by atoms with E-state index in [0.29, 0.717) is 18.8 Å². The van der Waals surface area contributed by atoms with Crippen molar-refractivity contribution >= 4 is 5.91 Å². The van der Waals surface area contributed by atoms with Gasteiger partial charge in [-0.05, 0) is 26.0 Å². The normalized spacial score (nSPS) is 10.0. The van der Waals surface area contributed by atoms with Gasteiger partial charge in [-0.15, -0.1) is 0 Å². The second kappa shape index (κ2) is 5.49. The van der Waals surface area contributed by atoms with Gasteiger partial charge in [-0.1, -0.05) is 0 Å². The summed E-state index contributed by atoms with van der Waals surface area (Å²) in [6.07, 6.45) is 0. The number of methoxy groups -OCH3 is 1. The Hall–Kier alpha value is -1.58. The molecular weight excluding hydrogens is 209 g/mol. The zero-order valence-corrected chi connectivity index (χ0v) is 9.79. The molecule has 88 valence electrons. The third-order valence-electron chi connectivity index (χ3n) is 2.46. The second-order valence-corrected chi connectivity index (χ2v) is 3.32. The highest BCUT2D eigenvalue weighted by Crippen LogP contribution is 2.17. The van der Waals surface area contributed by atoms with E-state index < -0.39 is 5.82 Å². The lowest BCUT2D eigenvalue weighted by molar-refractivity contribution is 0.0768. The van der Waals surface area contributed by atoms with Crippen molar-refractivity contribution in [2.45, 2.75) is 13.8 Å². The van der Waals surface area contributed by atoms with Crippen LogP contribution in [0, 0.1) is 5.82 Å². The molecule has 0 aliphatic carbocycles. The fraction of sp³-hybridized carbons (Fsp3) is 0.417. The standard InChI is InChI=1S/C12H16FNO2/c1-4-14(5-2)12(15)10-7-6-9(16-3)8-11(10)13/h6-8H,4-5H2,1-3H3. The topological polar surface area (TPSA) is 29.5 Å². The van der Waals surface area contributed by atoms with Crippen LogP contribution in [-0.4, -0.2) is 31.0 Å². The van der Waals surface area contributed by atoms with Crippen molar-refractivity contribution in [2.24, 2.45) is 0 Å². The maximum atomic E-state index is 13.6. The van der Waals surface area contributed by atoms with Crippen LogP contribution in [0.4, 0.5) is 4.39 Å². The van der Waals surface area contributed by atoms with Crippen LogP contribution in [0.25, 0.3) is 0 Å². The lowest BCUT2D eigenvalue weighted by atomic mass is 10.1. The number of hydrogen-bond donors (Lipinski definition) is 0. The Morgan fingerprint density at radius 2 is 2.00 bits per heavy atom. The quantitative estimate of drug-likeness (QED) is 0.787. The second-order valence-electron chi connectivity index (χ2n) is 3.32. The van der Waals surface area contributed by atoms with Crippen LogP contribution in [0.15, 0.2) is 18.2 Å². The molecule has 1 aromatic rings. The predicted molar refractivity (Wildman–Crippen MR) is 60.2 cm³/mol. The van der Waals surface area contributed by atoms with Crippen molar-refractivity contribution in [3.63, 3.8) is 0 Å². The lowest BCUT2D eigenvalue weighted by Gasteiger charge is -2.18. The highest BCUT2D eigenvalue weighted by molar-refractivity contribution is 5.94. The van der Waals surface area contributed by atoms with Crippen molar-refractivity contribution in [1.29, 1.82) is 0 Å². The minimum Gasteiger partial charge on any atom is -0.497 e. The van der Waals surface area contributed by atoms with Crippen LogP contribution in [-0.2, 0) is 0 Å². The minimum absolute atomic E-state index is 0.0875. The molecule has 0 fully saturated rings. The number of ether oxygens (including phenoxy) is 1. The molecule has 0 spiro atoms. The van der Waals surface area contributed by atoms with E-state index in [2.05, 4.69) is 0 Å². The highest BCUT2D eigenvalue weighted by Gasteiger charge is 2.16. The van der Waals surface area contributed by atoms with Gasteiger partial charge in [0, 0.05) is 19.2 Å². The molecule has 0 aromatic heterocycles. The Morgan fingerprint density at radius 1 is 1.38 bits per heavy atom. The molecule has 0 saturated heterocycles. The summed E-state index contributed by atoms with van der Waals surface area (Å²) in [7, 11) is 1.46. The van der Waals surface area contributed by atoms with E-state index in [1.807, 2.05) is 13.8 Å². The first-order valence-corrected chi connectivity index (χ1v) is 5.26. The molecule has 1 rings (SSSR count). The Balaban J connectivity index is 3.00. The Labute approximate surface area is 94.8 Å². The summed E-state index contributed by atoms with van der Waals surface area (Å²) in [6.45, 7) is 4.87. The molecule has 0 N–H and O–H groups in total. The smallest absolute Gasteiger partial charge is 0.256 e. The fourth-order valence-electron chi connectivity index (χ4n) is 1.48. The van der Waals surface area contributed by atoms with E-state index in [0.717, 1.165) is 0 Å². The zero-order valence-electron chi connectivity index (χ0n) is 9.79. The van der Waals surface area contributed by atoms with Crippen LogP contribution in [0.2, 0.25) is 0 Å². The molecule has 16 heavy (non-hydrogen) atoms. The van der Waals surface area contributed by atoms with Gasteiger partial charge in [0.1, 0.15) is 11.6 Å². The van der Waals surface area contributed by atoms with Crippen LogP contribution in [0.5, 0.6) is 5.75 Å². The summed E-state index contributed by atoms with van der Waals surface area (Å²) in [5.74, 6) is -0.421. The third kappa shape index (κ3) is 2.51. The molecule has 4 heteroatoms. The monoisotopic (exact) mass is 225 g/mol. The number of nitrogens with zero attached hydrogens (tertiary/aromatic N) is 1. The molecule has 1 aromatic carbocycles. The van der Waals surface area contributed by atoms with Gasteiger partial charge in [-0.3, -0.25) is 4.79 Å². The Bertz CT molecular complexity index is 375. The molecule has 1 amide bonds. The number of carbonyl (C=O) groups is 1. The number of benzene rings is 1. The van der Waals surface area contributed by atoms with E-state index in [1.165, 1.54) is 19.2 Å². The molecule has 0 saturated carbocycles. The summed E-state index contributed by atoms with van der Waals surface area (Å²) >= 11 is 0. The molecule has 0 unspecified atom stereocenters. The molecular formula is C12H16FNO2. The van der Waals surface area contributed by atoms with Gasteiger partial charge in [-0.2, -0.15) is 0 Å². The molecule has 3 nitrogen and oxygen atoms in total. The summed E-state index contributed by atoms with van der Waals surface area (Å²) < 4.78 is 18.5. The van der Waals surface area contributed by atoms with E-state index >= 15 is 0 Å². The SMILES string of the molecule is CCN(CC)C(=O)c1ccc(OC)cc1F. The number of amides is 1. The molecule has 0 bridgehead atoms. The minimum atomic E-state index is -0.545. The first kappa shape index (κ1) is 12.5. The van der Waals surface area contributed by atoms with E-state index in [4.69, 9.17) is 4.74 Å². The van der Waals surface area contributed by atoms with Crippen molar-refractivity contribution in [2.75, 3.05) is 20.2 Å². The average Bonchev–Trinajstić information content (AvgIpc) is 2.30. The summed E-state index contributed by atoms with van der Waals surface area (Å²) in [5.41, 5.74) is 0.0875. The number of rotatable bonds is 4.